The van der Waals surface area contributed by atoms with E-state index in [1.807, 2.05) is 12.1 Å². The van der Waals surface area contributed by atoms with Gasteiger partial charge in [-0.05, 0) is 50.5 Å². The first-order valence-electron chi connectivity index (χ1n) is 7.72. The molecule has 0 atom stereocenters. The number of nitrogen functional groups attached to an aromatic ring is 1. The second-order valence-corrected chi connectivity index (χ2v) is 6.64. The van der Waals surface area contributed by atoms with E-state index in [4.69, 9.17) is 15.6 Å². The van der Waals surface area contributed by atoms with Crippen molar-refractivity contribution < 1.29 is 19.4 Å². The van der Waals surface area contributed by atoms with Gasteiger partial charge in [0.2, 0.25) is 0 Å². The van der Waals surface area contributed by atoms with Gasteiger partial charge in [-0.2, -0.15) is 0 Å². The number of rotatable bonds is 2. The number of ether oxygens (including phenoxy) is 1. The normalized spacial score (nSPS) is 14.8. The third-order valence-corrected chi connectivity index (χ3v) is 3.54. The second kappa shape index (κ2) is 6.82. The van der Waals surface area contributed by atoms with Gasteiger partial charge in [-0.25, -0.2) is 9.59 Å². The van der Waals surface area contributed by atoms with E-state index >= 15 is 0 Å². The van der Waals surface area contributed by atoms with Crippen molar-refractivity contribution in [2.75, 3.05) is 24.1 Å². The van der Waals surface area contributed by atoms with Crippen LogP contribution < -0.4 is 11.1 Å². The van der Waals surface area contributed by atoms with Gasteiger partial charge in [0.05, 0.1) is 11.4 Å². The number of amides is 2. The van der Waals surface area contributed by atoms with E-state index in [2.05, 4.69) is 5.32 Å². The fourth-order valence-electron chi connectivity index (χ4n) is 2.39. The first-order chi connectivity index (χ1) is 11.2. The van der Waals surface area contributed by atoms with E-state index in [0.29, 0.717) is 30.9 Å². The molecule has 1 aromatic carbocycles. The topological polar surface area (TPSA) is 105 Å². The molecule has 2 amide bonds. The summed E-state index contributed by atoms with van der Waals surface area (Å²) in [6.07, 6.45) is 1.04. The third kappa shape index (κ3) is 4.65. The van der Waals surface area contributed by atoms with Crippen molar-refractivity contribution in [3.8, 4) is 0 Å². The van der Waals surface area contributed by atoms with Gasteiger partial charge in [-0.3, -0.25) is 5.32 Å². The van der Waals surface area contributed by atoms with Gasteiger partial charge in [0.15, 0.2) is 0 Å². The lowest BCUT2D eigenvalue weighted by atomic mass is 9.98. The minimum atomic E-state index is -0.915. The van der Waals surface area contributed by atoms with Gasteiger partial charge in [0, 0.05) is 13.1 Å². The highest BCUT2D eigenvalue weighted by Gasteiger charge is 2.19. The quantitative estimate of drug-likeness (QED) is 0.720. The number of hydrogen-bond donors (Lipinski definition) is 3. The zero-order valence-electron chi connectivity index (χ0n) is 14.1. The lowest BCUT2D eigenvalue weighted by molar-refractivity contribution is 0.0636. The fourth-order valence-corrected chi connectivity index (χ4v) is 2.39. The third-order valence-electron chi connectivity index (χ3n) is 3.54. The predicted molar refractivity (Wildman–Crippen MR) is 92.9 cm³/mol. The molecule has 0 unspecified atom stereocenters. The number of hydrogen-bond acceptors (Lipinski definition) is 4. The van der Waals surface area contributed by atoms with E-state index in [1.54, 1.807) is 32.9 Å². The molecule has 0 saturated heterocycles. The van der Waals surface area contributed by atoms with Crippen LogP contribution >= 0.6 is 0 Å². The van der Waals surface area contributed by atoms with Crippen molar-refractivity contribution in [1.82, 2.24) is 4.90 Å². The van der Waals surface area contributed by atoms with Crippen LogP contribution in [0, 0.1) is 0 Å². The van der Waals surface area contributed by atoms with Gasteiger partial charge in [0.1, 0.15) is 5.60 Å². The lowest BCUT2D eigenvalue weighted by Gasteiger charge is -2.24. The molecule has 7 heteroatoms. The Labute approximate surface area is 141 Å². The van der Waals surface area contributed by atoms with Gasteiger partial charge in [0.25, 0.3) is 0 Å². The number of anilines is 2. The summed E-state index contributed by atoms with van der Waals surface area (Å²) in [5.74, 6) is 0. The molecule has 0 fully saturated rings. The van der Waals surface area contributed by atoms with E-state index in [1.165, 1.54) is 4.90 Å². The molecule has 2 rings (SSSR count). The van der Waals surface area contributed by atoms with E-state index in [-0.39, 0.29) is 0 Å². The number of carbonyl (C=O) groups is 2. The molecule has 130 valence electrons. The van der Waals surface area contributed by atoms with E-state index in [0.717, 1.165) is 11.1 Å². The van der Waals surface area contributed by atoms with E-state index in [9.17, 15) is 9.59 Å². The molecule has 0 spiro atoms. The van der Waals surface area contributed by atoms with Crippen LogP contribution in [0.1, 0.15) is 32.8 Å². The molecule has 0 aromatic heterocycles. The Hall–Kier alpha value is -2.70. The van der Waals surface area contributed by atoms with Crippen molar-refractivity contribution in [3.63, 3.8) is 0 Å². The van der Waals surface area contributed by atoms with Crippen molar-refractivity contribution in [2.24, 2.45) is 0 Å². The largest absolute Gasteiger partial charge is 0.465 e. The van der Waals surface area contributed by atoms with Crippen LogP contribution in [0.3, 0.4) is 0 Å². The lowest BCUT2D eigenvalue weighted by Crippen LogP contribution is -2.33. The molecule has 1 aliphatic rings. The summed E-state index contributed by atoms with van der Waals surface area (Å²) in [4.78, 5) is 24.1. The fraction of sp³-hybridized carbons (Fsp3) is 0.412. The highest BCUT2D eigenvalue weighted by molar-refractivity contribution is 5.90. The van der Waals surface area contributed by atoms with Crippen LogP contribution in [0.25, 0.3) is 5.57 Å². The Morgan fingerprint density at radius 3 is 2.54 bits per heavy atom. The summed E-state index contributed by atoms with van der Waals surface area (Å²) in [7, 11) is 0. The van der Waals surface area contributed by atoms with Gasteiger partial charge in [-0.15, -0.1) is 0 Å². The summed E-state index contributed by atoms with van der Waals surface area (Å²) in [6, 6.07) is 5.35. The summed E-state index contributed by atoms with van der Waals surface area (Å²) >= 11 is 0. The zero-order chi connectivity index (χ0) is 17.9. The van der Waals surface area contributed by atoms with Crippen molar-refractivity contribution in [2.45, 2.75) is 32.8 Å². The number of nitrogens with one attached hydrogen (secondary N) is 1. The molecular weight excluding hydrogens is 310 g/mol. The Bertz CT molecular complexity index is 677. The SMILES string of the molecule is CC(C)(C)OC(=O)Nc1ccc(C2=CCN(C(=O)O)CC2)cc1N. The average molecular weight is 333 g/mol. The Morgan fingerprint density at radius 2 is 2.04 bits per heavy atom. The average Bonchev–Trinajstić information content (AvgIpc) is 2.47. The summed E-state index contributed by atoms with van der Waals surface area (Å²) < 4.78 is 5.20. The first-order valence-corrected chi connectivity index (χ1v) is 7.72. The van der Waals surface area contributed by atoms with Crippen LogP contribution in [0.2, 0.25) is 0 Å². The maximum atomic E-state index is 11.8. The molecule has 0 radical (unpaired) electrons. The molecule has 7 nitrogen and oxygen atoms in total. The monoisotopic (exact) mass is 333 g/mol. The van der Waals surface area contributed by atoms with E-state index < -0.39 is 17.8 Å². The van der Waals surface area contributed by atoms with Gasteiger partial charge >= 0.3 is 12.2 Å². The maximum absolute atomic E-state index is 11.8. The van der Waals surface area contributed by atoms with Crippen LogP contribution in [0.5, 0.6) is 0 Å². The predicted octanol–water partition coefficient (Wildman–Crippen LogP) is 3.38. The molecule has 24 heavy (non-hydrogen) atoms. The Balaban J connectivity index is 2.08. The molecular formula is C17H23N3O4. The first kappa shape index (κ1) is 17.7. The molecule has 1 aromatic rings. The number of carbonyl (C=O) groups excluding carboxylic acids is 1. The van der Waals surface area contributed by atoms with Gasteiger partial charge in [-0.1, -0.05) is 12.1 Å². The van der Waals surface area contributed by atoms with Gasteiger partial charge < -0.3 is 20.5 Å². The zero-order valence-corrected chi connectivity index (χ0v) is 14.1. The number of benzene rings is 1. The van der Waals surface area contributed by atoms with Crippen molar-refractivity contribution >= 4 is 29.1 Å². The number of carboxylic acid groups (broad SMARTS) is 1. The molecule has 1 heterocycles. The number of nitrogens with zero attached hydrogens (tertiary/aromatic N) is 1. The minimum Gasteiger partial charge on any atom is -0.465 e. The maximum Gasteiger partial charge on any atom is 0.412 e. The highest BCUT2D eigenvalue weighted by Crippen LogP contribution is 2.28. The molecule has 0 aliphatic carbocycles. The Morgan fingerprint density at radius 1 is 1.33 bits per heavy atom. The molecule has 0 saturated carbocycles. The van der Waals surface area contributed by atoms with Crippen LogP contribution in [0.4, 0.5) is 21.0 Å². The Kier molecular flexibility index (Phi) is 5.02. The van der Waals surface area contributed by atoms with Crippen LogP contribution in [-0.2, 0) is 4.74 Å². The standard InChI is InChI=1S/C17H23N3O4/c1-17(2,3)24-15(21)19-14-5-4-12(10-13(14)18)11-6-8-20(9-7-11)16(22)23/h4-6,10H,7-9,18H2,1-3H3,(H,19,21)(H,22,23). The number of nitrogens with two attached hydrogens (primary N) is 1. The summed E-state index contributed by atoms with van der Waals surface area (Å²) in [6.45, 7) is 6.18. The molecule has 1 aliphatic heterocycles. The smallest absolute Gasteiger partial charge is 0.412 e. The molecule has 4 N–H and O–H groups in total. The second-order valence-electron chi connectivity index (χ2n) is 6.64. The minimum absolute atomic E-state index is 0.364. The molecule has 0 bridgehead atoms. The summed E-state index contributed by atoms with van der Waals surface area (Å²) in [5.41, 5.74) is 8.31. The van der Waals surface area contributed by atoms with Crippen molar-refractivity contribution in [3.05, 3.63) is 29.8 Å². The van der Waals surface area contributed by atoms with Crippen LogP contribution in [0.15, 0.2) is 24.3 Å². The highest BCUT2D eigenvalue weighted by atomic mass is 16.6. The van der Waals surface area contributed by atoms with Crippen molar-refractivity contribution in [1.29, 1.82) is 0 Å². The van der Waals surface area contributed by atoms with Crippen LogP contribution in [-0.4, -0.2) is 40.9 Å². The summed E-state index contributed by atoms with van der Waals surface area (Å²) in [5, 5.41) is 11.6.